The Morgan fingerprint density at radius 2 is 2.25 bits per heavy atom. The highest BCUT2D eigenvalue weighted by atomic mass is 16.2. The molecular formula is C14H16N4O2. The summed E-state index contributed by atoms with van der Waals surface area (Å²) in [4.78, 5) is 23.5. The molecule has 1 amide bonds. The number of H-pyrrole nitrogens is 1. The van der Waals surface area contributed by atoms with Crippen LogP contribution in [0.4, 0.5) is 5.82 Å². The fourth-order valence-electron chi connectivity index (χ4n) is 2.22. The largest absolute Gasteiger partial charge is 0.319 e. The molecule has 2 N–H and O–H groups in total. The Morgan fingerprint density at radius 3 is 2.90 bits per heavy atom. The number of carbonyl (C=O) groups excluding carboxylic acids is 1. The molecule has 2 aromatic rings. The molecule has 0 radical (unpaired) electrons. The highest BCUT2D eigenvalue weighted by Gasteiger charge is 2.35. The molecule has 20 heavy (non-hydrogen) atoms. The van der Waals surface area contributed by atoms with E-state index in [2.05, 4.69) is 22.4 Å². The second-order valence-corrected chi connectivity index (χ2v) is 5.35. The molecule has 1 fully saturated rings. The number of hydrogen-bond donors (Lipinski definition) is 2. The molecule has 0 saturated heterocycles. The van der Waals surface area contributed by atoms with Crippen molar-refractivity contribution in [1.82, 2.24) is 14.8 Å². The molecule has 0 spiro atoms. The summed E-state index contributed by atoms with van der Waals surface area (Å²) in [6.07, 6.45) is 2.73. The molecular weight excluding hydrogens is 256 g/mol. The first-order valence-corrected chi connectivity index (χ1v) is 6.58. The third-order valence-electron chi connectivity index (χ3n) is 3.71. The average Bonchev–Trinajstić information content (AvgIpc) is 2.96. The Morgan fingerprint density at radius 1 is 1.50 bits per heavy atom. The van der Waals surface area contributed by atoms with E-state index in [-0.39, 0.29) is 11.5 Å². The molecule has 104 valence electrons. The first-order chi connectivity index (χ1) is 9.54. The number of amides is 1. The van der Waals surface area contributed by atoms with Crippen molar-refractivity contribution in [2.45, 2.75) is 19.3 Å². The van der Waals surface area contributed by atoms with E-state index in [0.717, 1.165) is 12.1 Å². The standard InChI is InChI=1S/C14H16N4O2/c1-8-5-10(8)11-7-12(17-16-11)15-14(20)9-3-4-18(2)13(19)6-9/h3-4,6-8,10H,5H2,1-2H3,(H2,15,16,17,20)/t8-,10+/m0/s1. The van der Waals surface area contributed by atoms with Gasteiger partial charge < -0.3 is 9.88 Å². The van der Waals surface area contributed by atoms with Crippen LogP contribution in [0.2, 0.25) is 0 Å². The smallest absolute Gasteiger partial charge is 0.257 e. The van der Waals surface area contributed by atoms with Crippen LogP contribution in [-0.4, -0.2) is 20.7 Å². The Hall–Kier alpha value is -2.37. The van der Waals surface area contributed by atoms with E-state index in [9.17, 15) is 9.59 Å². The van der Waals surface area contributed by atoms with Crippen LogP contribution in [0.15, 0.2) is 29.2 Å². The molecule has 0 unspecified atom stereocenters. The molecule has 0 aromatic carbocycles. The SMILES string of the molecule is C[C@H]1C[C@H]1c1cc(NC(=O)c2ccn(C)c(=O)c2)n[nH]1. The zero-order valence-corrected chi connectivity index (χ0v) is 11.4. The van der Waals surface area contributed by atoms with Crippen LogP contribution < -0.4 is 10.9 Å². The number of anilines is 1. The van der Waals surface area contributed by atoms with Crippen LogP contribution in [0.5, 0.6) is 0 Å². The lowest BCUT2D eigenvalue weighted by Crippen LogP contribution is -2.20. The van der Waals surface area contributed by atoms with Crippen molar-refractivity contribution >= 4 is 11.7 Å². The second-order valence-electron chi connectivity index (χ2n) is 5.35. The van der Waals surface area contributed by atoms with Crippen molar-refractivity contribution in [1.29, 1.82) is 0 Å². The Kier molecular flexibility index (Phi) is 2.93. The van der Waals surface area contributed by atoms with E-state index in [4.69, 9.17) is 0 Å². The van der Waals surface area contributed by atoms with Crippen LogP contribution in [0, 0.1) is 5.92 Å². The van der Waals surface area contributed by atoms with Gasteiger partial charge >= 0.3 is 0 Å². The zero-order valence-electron chi connectivity index (χ0n) is 11.4. The minimum absolute atomic E-state index is 0.216. The quantitative estimate of drug-likeness (QED) is 0.888. The fraction of sp³-hybridized carbons (Fsp3) is 0.357. The van der Waals surface area contributed by atoms with Gasteiger partial charge in [0.15, 0.2) is 5.82 Å². The lowest BCUT2D eigenvalue weighted by atomic mass is 10.2. The number of pyridine rings is 1. The minimum atomic E-state index is -0.329. The van der Waals surface area contributed by atoms with Crippen molar-refractivity contribution in [3.63, 3.8) is 0 Å². The maximum absolute atomic E-state index is 12.0. The van der Waals surface area contributed by atoms with Crippen molar-refractivity contribution in [3.8, 4) is 0 Å². The number of rotatable bonds is 3. The summed E-state index contributed by atoms with van der Waals surface area (Å²) in [7, 11) is 1.64. The number of hydrogen-bond acceptors (Lipinski definition) is 3. The van der Waals surface area contributed by atoms with E-state index in [1.54, 1.807) is 19.3 Å². The highest BCUT2D eigenvalue weighted by molar-refractivity contribution is 6.03. The van der Waals surface area contributed by atoms with Crippen molar-refractivity contribution in [2.24, 2.45) is 13.0 Å². The van der Waals surface area contributed by atoms with Gasteiger partial charge in [-0.2, -0.15) is 5.10 Å². The Labute approximate surface area is 115 Å². The van der Waals surface area contributed by atoms with Gasteiger partial charge in [-0.15, -0.1) is 0 Å². The molecule has 1 saturated carbocycles. The third kappa shape index (κ3) is 2.36. The molecule has 0 aliphatic heterocycles. The normalized spacial score (nSPS) is 20.7. The topological polar surface area (TPSA) is 79.8 Å². The van der Waals surface area contributed by atoms with E-state index >= 15 is 0 Å². The Balaban J connectivity index is 1.73. The zero-order chi connectivity index (χ0) is 14.3. The van der Waals surface area contributed by atoms with Crippen LogP contribution in [0.1, 0.15) is 35.3 Å². The van der Waals surface area contributed by atoms with Crippen LogP contribution in [-0.2, 0) is 7.05 Å². The summed E-state index contributed by atoms with van der Waals surface area (Å²) >= 11 is 0. The number of aromatic amines is 1. The van der Waals surface area contributed by atoms with Gasteiger partial charge in [0.1, 0.15) is 0 Å². The van der Waals surface area contributed by atoms with Crippen molar-refractivity contribution in [3.05, 3.63) is 46.0 Å². The van der Waals surface area contributed by atoms with Crippen LogP contribution >= 0.6 is 0 Å². The van der Waals surface area contributed by atoms with Gasteiger partial charge in [-0.1, -0.05) is 6.92 Å². The number of nitrogens with one attached hydrogen (secondary N) is 2. The predicted molar refractivity (Wildman–Crippen MR) is 74.7 cm³/mol. The number of aromatic nitrogens is 3. The molecule has 6 heteroatoms. The number of carbonyl (C=O) groups is 1. The highest BCUT2D eigenvalue weighted by Crippen LogP contribution is 2.46. The van der Waals surface area contributed by atoms with Gasteiger partial charge in [-0.3, -0.25) is 14.7 Å². The predicted octanol–water partition coefficient (Wildman–Crippen LogP) is 1.48. The van der Waals surface area contributed by atoms with Crippen molar-refractivity contribution in [2.75, 3.05) is 5.32 Å². The average molecular weight is 272 g/mol. The molecule has 1 aliphatic rings. The summed E-state index contributed by atoms with van der Waals surface area (Å²) in [5.41, 5.74) is 1.17. The minimum Gasteiger partial charge on any atom is -0.319 e. The van der Waals surface area contributed by atoms with Crippen LogP contribution in [0.3, 0.4) is 0 Å². The van der Waals surface area contributed by atoms with Crippen LogP contribution in [0.25, 0.3) is 0 Å². The van der Waals surface area contributed by atoms with Gasteiger partial charge in [0, 0.05) is 42.6 Å². The molecule has 1 aliphatic carbocycles. The summed E-state index contributed by atoms with van der Waals surface area (Å²) < 4.78 is 1.41. The van der Waals surface area contributed by atoms with E-state index in [1.807, 2.05) is 6.07 Å². The Bertz CT molecular complexity index is 716. The van der Waals surface area contributed by atoms with Gasteiger partial charge in [-0.25, -0.2) is 0 Å². The lowest BCUT2D eigenvalue weighted by Gasteiger charge is -2.02. The van der Waals surface area contributed by atoms with Gasteiger partial charge in [0.25, 0.3) is 11.5 Å². The van der Waals surface area contributed by atoms with Gasteiger partial charge in [0.2, 0.25) is 0 Å². The molecule has 6 nitrogen and oxygen atoms in total. The summed E-state index contributed by atoms with van der Waals surface area (Å²) in [6, 6.07) is 4.77. The van der Waals surface area contributed by atoms with E-state index < -0.39 is 0 Å². The lowest BCUT2D eigenvalue weighted by molar-refractivity contribution is 0.102. The monoisotopic (exact) mass is 272 g/mol. The number of nitrogens with zero attached hydrogens (tertiary/aromatic N) is 2. The molecule has 2 aromatic heterocycles. The molecule has 0 bridgehead atoms. The van der Waals surface area contributed by atoms with Gasteiger partial charge in [-0.05, 0) is 18.4 Å². The molecule has 3 rings (SSSR count). The first kappa shape index (κ1) is 12.7. The summed E-state index contributed by atoms with van der Waals surface area (Å²) in [6.45, 7) is 2.18. The summed E-state index contributed by atoms with van der Waals surface area (Å²) in [5.74, 6) is 1.36. The second kappa shape index (κ2) is 4.63. The van der Waals surface area contributed by atoms with Gasteiger partial charge in [0.05, 0.1) is 0 Å². The third-order valence-corrected chi connectivity index (χ3v) is 3.71. The fourth-order valence-corrected chi connectivity index (χ4v) is 2.22. The molecule has 2 heterocycles. The maximum Gasteiger partial charge on any atom is 0.257 e. The van der Waals surface area contributed by atoms with E-state index in [0.29, 0.717) is 23.2 Å². The number of aryl methyl sites for hydroxylation is 1. The van der Waals surface area contributed by atoms with E-state index in [1.165, 1.54) is 10.6 Å². The molecule has 2 atom stereocenters. The maximum atomic E-state index is 12.0. The first-order valence-electron chi connectivity index (χ1n) is 6.58. The summed E-state index contributed by atoms with van der Waals surface area (Å²) in [5, 5.41) is 9.72. The van der Waals surface area contributed by atoms with Crippen molar-refractivity contribution < 1.29 is 4.79 Å².